The zero-order valence-corrected chi connectivity index (χ0v) is 13.6. The van der Waals surface area contributed by atoms with E-state index in [-0.39, 0.29) is 27.4 Å². The molecule has 144 valence electrons. The minimum absolute atomic E-state index is 0.0256. The monoisotopic (exact) mass is 394 g/mol. The number of nitrogens with zero attached hydrogens (tertiary/aromatic N) is 4. The minimum Gasteiger partial charge on any atom is -0.618 e. The van der Waals surface area contributed by atoms with Crippen molar-refractivity contribution in [1.29, 1.82) is 0 Å². The number of halogens is 3. The van der Waals surface area contributed by atoms with E-state index in [1.54, 1.807) is 0 Å². The second-order valence-corrected chi connectivity index (χ2v) is 5.51. The summed E-state index contributed by atoms with van der Waals surface area (Å²) in [6.45, 7) is 0. The number of alkyl halides is 3. The Bertz CT molecular complexity index is 1090. The number of phenols is 2. The molecule has 2 aromatic heterocycles. The van der Waals surface area contributed by atoms with Gasteiger partial charge in [0.05, 0.1) is 16.2 Å². The standard InChI is InChI=1S/C16H9F3N4O5/c17-16(18,19)13-2-1-8(7-22(13)26)15-20-4-3-10(21-15)9-5-11(23(27)28)14(25)12(24)6-9/h1-7,24-25H. The quantitative estimate of drug-likeness (QED) is 0.229. The van der Waals surface area contributed by atoms with Crippen molar-refractivity contribution in [2.45, 2.75) is 6.18 Å². The number of phenolic OH excluding ortho intramolecular Hbond substituents is 2. The van der Waals surface area contributed by atoms with Crippen LogP contribution in [0.2, 0.25) is 0 Å². The molecule has 0 aliphatic heterocycles. The first-order valence-corrected chi connectivity index (χ1v) is 7.42. The molecule has 9 nitrogen and oxygen atoms in total. The maximum atomic E-state index is 12.7. The van der Waals surface area contributed by atoms with Crippen LogP contribution in [0.1, 0.15) is 5.69 Å². The summed E-state index contributed by atoms with van der Waals surface area (Å²) in [5.74, 6) is -1.79. The van der Waals surface area contributed by atoms with Gasteiger partial charge >= 0.3 is 11.9 Å². The molecule has 0 spiro atoms. The van der Waals surface area contributed by atoms with Crippen LogP contribution < -0.4 is 4.73 Å². The van der Waals surface area contributed by atoms with Crippen molar-refractivity contribution in [3.8, 4) is 34.1 Å². The van der Waals surface area contributed by atoms with Gasteiger partial charge < -0.3 is 15.4 Å². The topological polar surface area (TPSA) is 136 Å². The lowest BCUT2D eigenvalue weighted by atomic mass is 10.1. The van der Waals surface area contributed by atoms with Gasteiger partial charge in [0.1, 0.15) is 0 Å². The van der Waals surface area contributed by atoms with Crippen LogP contribution in [0.4, 0.5) is 18.9 Å². The number of hydrogen-bond acceptors (Lipinski definition) is 7. The number of aromatic nitrogens is 3. The van der Waals surface area contributed by atoms with Crippen LogP contribution in [0.3, 0.4) is 0 Å². The summed E-state index contributed by atoms with van der Waals surface area (Å²) in [6.07, 6.45) is -2.95. The maximum Gasteiger partial charge on any atom is 0.478 e. The van der Waals surface area contributed by atoms with E-state index in [4.69, 9.17) is 0 Å². The molecule has 2 N–H and O–H groups in total. The Morgan fingerprint density at radius 2 is 1.82 bits per heavy atom. The van der Waals surface area contributed by atoms with Gasteiger partial charge in [0.15, 0.2) is 17.8 Å². The SMILES string of the molecule is O=[N+]([O-])c1cc(-c2ccnc(-c3ccc(C(F)(F)F)[n+]([O-])c3)n2)cc(O)c1O. The Balaban J connectivity index is 2.07. The molecule has 0 aliphatic rings. The van der Waals surface area contributed by atoms with Crippen molar-refractivity contribution in [3.05, 3.63) is 63.7 Å². The molecular weight excluding hydrogens is 385 g/mol. The highest BCUT2D eigenvalue weighted by atomic mass is 19.4. The lowest BCUT2D eigenvalue weighted by Crippen LogP contribution is -2.36. The molecule has 0 aliphatic carbocycles. The van der Waals surface area contributed by atoms with E-state index in [2.05, 4.69) is 9.97 Å². The third-order valence-corrected chi connectivity index (χ3v) is 3.68. The number of hydrogen-bond donors (Lipinski definition) is 2. The third-order valence-electron chi connectivity index (χ3n) is 3.68. The summed E-state index contributed by atoms with van der Waals surface area (Å²) in [5.41, 5.74) is -2.08. The van der Waals surface area contributed by atoms with Gasteiger partial charge in [-0.25, -0.2) is 9.97 Å². The molecule has 3 rings (SSSR count). The molecule has 1 aromatic carbocycles. The van der Waals surface area contributed by atoms with Gasteiger partial charge in [0.25, 0.3) is 5.69 Å². The fourth-order valence-corrected chi connectivity index (χ4v) is 2.38. The molecule has 0 fully saturated rings. The highest BCUT2D eigenvalue weighted by molar-refractivity contribution is 5.71. The van der Waals surface area contributed by atoms with E-state index in [9.17, 15) is 38.7 Å². The van der Waals surface area contributed by atoms with Crippen molar-refractivity contribution in [1.82, 2.24) is 9.97 Å². The summed E-state index contributed by atoms with van der Waals surface area (Å²) >= 11 is 0. The van der Waals surface area contributed by atoms with Crippen molar-refractivity contribution < 1.29 is 33.0 Å². The van der Waals surface area contributed by atoms with Gasteiger partial charge in [-0.15, -0.1) is 0 Å². The van der Waals surface area contributed by atoms with Crippen molar-refractivity contribution in [2.24, 2.45) is 0 Å². The van der Waals surface area contributed by atoms with Gasteiger partial charge in [-0.3, -0.25) is 10.1 Å². The van der Waals surface area contributed by atoms with E-state index >= 15 is 0 Å². The molecule has 2 heterocycles. The van der Waals surface area contributed by atoms with Crippen molar-refractivity contribution >= 4 is 5.69 Å². The molecule has 0 saturated carbocycles. The number of benzene rings is 1. The highest BCUT2D eigenvalue weighted by Gasteiger charge is 2.39. The van der Waals surface area contributed by atoms with E-state index < -0.39 is 34.0 Å². The van der Waals surface area contributed by atoms with Crippen LogP contribution in [-0.2, 0) is 6.18 Å². The average molecular weight is 394 g/mol. The summed E-state index contributed by atoms with van der Waals surface area (Å²) in [4.78, 5) is 18.0. The molecule has 0 amide bonds. The summed E-state index contributed by atoms with van der Waals surface area (Å²) in [5, 5.41) is 41.8. The van der Waals surface area contributed by atoms with Crippen LogP contribution in [0.5, 0.6) is 11.5 Å². The number of aromatic hydroxyl groups is 2. The van der Waals surface area contributed by atoms with E-state index in [1.807, 2.05) is 0 Å². The Kier molecular flexibility index (Phi) is 4.47. The smallest absolute Gasteiger partial charge is 0.478 e. The first-order valence-electron chi connectivity index (χ1n) is 7.42. The molecule has 3 aromatic rings. The summed E-state index contributed by atoms with van der Waals surface area (Å²) in [6, 6.07) is 4.90. The normalized spacial score (nSPS) is 11.4. The number of pyridine rings is 1. The second-order valence-electron chi connectivity index (χ2n) is 5.51. The van der Waals surface area contributed by atoms with E-state index in [1.165, 1.54) is 12.3 Å². The molecule has 0 radical (unpaired) electrons. The molecule has 0 atom stereocenters. The first-order chi connectivity index (χ1) is 13.1. The van der Waals surface area contributed by atoms with Gasteiger partial charge in [-0.05, 0) is 18.2 Å². The molecule has 0 unspecified atom stereocenters. The second kappa shape index (κ2) is 6.64. The van der Waals surface area contributed by atoms with Crippen LogP contribution in [-0.4, -0.2) is 25.1 Å². The molecule has 28 heavy (non-hydrogen) atoms. The zero-order valence-electron chi connectivity index (χ0n) is 13.6. The molecule has 0 bridgehead atoms. The number of rotatable bonds is 3. The predicted molar refractivity (Wildman–Crippen MR) is 86.8 cm³/mol. The van der Waals surface area contributed by atoms with Crippen LogP contribution in [0.25, 0.3) is 22.6 Å². The lowest BCUT2D eigenvalue weighted by Gasteiger charge is -2.09. The molecular formula is C16H9F3N4O5. The Hall–Kier alpha value is -3.96. The third kappa shape index (κ3) is 3.47. The zero-order chi connectivity index (χ0) is 20.6. The fourth-order valence-electron chi connectivity index (χ4n) is 2.38. The van der Waals surface area contributed by atoms with E-state index in [0.717, 1.165) is 18.2 Å². The number of nitro groups is 1. The Morgan fingerprint density at radius 1 is 1.11 bits per heavy atom. The number of nitro benzene ring substituents is 1. The average Bonchev–Trinajstić information content (AvgIpc) is 2.62. The fraction of sp³-hybridized carbons (Fsp3) is 0.0625. The van der Waals surface area contributed by atoms with Gasteiger partial charge in [0, 0.05) is 23.9 Å². The first kappa shape index (κ1) is 18.8. The molecule has 12 heteroatoms. The maximum absolute atomic E-state index is 12.7. The highest BCUT2D eigenvalue weighted by Crippen LogP contribution is 2.39. The van der Waals surface area contributed by atoms with Crippen LogP contribution in [0.15, 0.2) is 42.7 Å². The van der Waals surface area contributed by atoms with Crippen LogP contribution in [0, 0.1) is 15.3 Å². The van der Waals surface area contributed by atoms with Crippen molar-refractivity contribution in [2.75, 3.05) is 0 Å². The van der Waals surface area contributed by atoms with Crippen molar-refractivity contribution in [3.63, 3.8) is 0 Å². The Morgan fingerprint density at radius 3 is 2.43 bits per heavy atom. The minimum atomic E-state index is -4.83. The molecule has 0 saturated heterocycles. The predicted octanol–water partition coefficient (Wildman–Crippen LogP) is 2.78. The van der Waals surface area contributed by atoms with Gasteiger partial charge in [-0.2, -0.15) is 17.9 Å². The summed E-state index contributed by atoms with van der Waals surface area (Å²) in [7, 11) is 0. The van der Waals surface area contributed by atoms with E-state index in [0.29, 0.717) is 12.3 Å². The lowest BCUT2D eigenvalue weighted by molar-refractivity contribution is -0.628. The van der Waals surface area contributed by atoms with Gasteiger partial charge in [-0.1, -0.05) is 0 Å². The van der Waals surface area contributed by atoms with Gasteiger partial charge in [0.2, 0.25) is 5.75 Å². The largest absolute Gasteiger partial charge is 0.618 e. The summed E-state index contributed by atoms with van der Waals surface area (Å²) < 4.78 is 37.7. The van der Waals surface area contributed by atoms with Crippen LogP contribution >= 0.6 is 0 Å². The Labute approximate surface area is 153 Å².